The predicted molar refractivity (Wildman–Crippen MR) is 112 cm³/mol. The fourth-order valence-electron chi connectivity index (χ4n) is 3.70. The van der Waals surface area contributed by atoms with Crippen molar-refractivity contribution in [3.8, 4) is 5.69 Å². The molecule has 0 aliphatic heterocycles. The van der Waals surface area contributed by atoms with Crippen LogP contribution in [0.3, 0.4) is 0 Å². The number of nitrogens with two attached hydrogens (primary N) is 1. The molecule has 0 amide bonds. The van der Waals surface area contributed by atoms with Crippen LogP contribution in [0.1, 0.15) is 43.6 Å². The van der Waals surface area contributed by atoms with Crippen LogP contribution in [0.5, 0.6) is 0 Å². The number of nitrogen functional groups attached to an aromatic ring is 1. The second-order valence-corrected chi connectivity index (χ2v) is 6.83. The second kappa shape index (κ2) is 9.24. The summed E-state index contributed by atoms with van der Waals surface area (Å²) in [4.78, 5) is 4.10. The van der Waals surface area contributed by atoms with Gasteiger partial charge in [-0.25, -0.2) is 4.98 Å². The molecule has 0 unspecified atom stereocenters. The Morgan fingerprint density at radius 3 is 2.59 bits per heavy atom. The summed E-state index contributed by atoms with van der Waals surface area (Å²) in [6.07, 6.45) is 12.1. The molecule has 0 spiro atoms. The number of imidazole rings is 1. The Morgan fingerprint density at radius 2 is 1.89 bits per heavy atom. The first-order valence-corrected chi connectivity index (χ1v) is 9.49. The summed E-state index contributed by atoms with van der Waals surface area (Å²) in [5.74, 6) is 0.676. The monoisotopic (exact) mass is 364 g/mol. The average Bonchev–Trinajstić information content (AvgIpc) is 3.27. The highest BCUT2D eigenvalue weighted by Crippen LogP contribution is 2.35. The minimum absolute atomic E-state index is 0.676. The van der Waals surface area contributed by atoms with Crippen LogP contribution in [-0.4, -0.2) is 21.8 Å². The quantitative estimate of drug-likeness (QED) is 0.578. The molecule has 1 heterocycles. The molecule has 5 nitrogen and oxygen atoms in total. The largest absolute Gasteiger partial charge is 0.400 e. The van der Waals surface area contributed by atoms with E-state index >= 15 is 0 Å². The molecule has 142 valence electrons. The molecule has 1 saturated carbocycles. The van der Waals surface area contributed by atoms with E-state index < -0.39 is 0 Å². The number of aliphatic hydroxyl groups excluding tert-OH is 1. The molecular weight excluding hydrogens is 336 g/mol. The maximum Gasteiger partial charge on any atom is 0.0991 e. The Morgan fingerprint density at radius 1 is 1.07 bits per heavy atom. The van der Waals surface area contributed by atoms with Gasteiger partial charge in [0.1, 0.15) is 0 Å². The van der Waals surface area contributed by atoms with Crippen LogP contribution in [0.25, 0.3) is 5.69 Å². The number of hydrogen-bond acceptors (Lipinski definition) is 4. The molecule has 0 atom stereocenters. The summed E-state index contributed by atoms with van der Waals surface area (Å²) in [6.45, 7) is 0. The van der Waals surface area contributed by atoms with Crippen LogP contribution in [0.15, 0.2) is 61.2 Å². The highest BCUT2D eigenvalue weighted by Gasteiger charge is 2.16. The number of nitrogens with one attached hydrogen (secondary N) is 1. The first-order chi connectivity index (χ1) is 13.3. The molecule has 5 heteroatoms. The van der Waals surface area contributed by atoms with Gasteiger partial charge in [-0.1, -0.05) is 31.4 Å². The summed E-state index contributed by atoms with van der Waals surface area (Å²) in [5.41, 5.74) is 11.6. The summed E-state index contributed by atoms with van der Waals surface area (Å²) in [7, 11) is 1.00. The van der Waals surface area contributed by atoms with Gasteiger partial charge in [-0.15, -0.1) is 0 Å². The van der Waals surface area contributed by atoms with E-state index in [1.807, 2.05) is 16.8 Å². The topological polar surface area (TPSA) is 76.1 Å². The molecule has 4 rings (SSSR count). The summed E-state index contributed by atoms with van der Waals surface area (Å²) < 4.78 is 1.99. The molecule has 1 aliphatic rings. The van der Waals surface area contributed by atoms with Crippen LogP contribution >= 0.6 is 0 Å². The molecule has 2 aromatic carbocycles. The number of aromatic nitrogens is 2. The van der Waals surface area contributed by atoms with Crippen LogP contribution in [0.4, 0.5) is 17.1 Å². The number of hydrogen-bond donors (Lipinski definition) is 3. The maximum atomic E-state index is 7.00. The van der Waals surface area contributed by atoms with Gasteiger partial charge in [-0.05, 0) is 54.7 Å². The standard InChI is InChI=1S/C21H24N4.CH4O/c22-20-13-17(16-5-2-1-3-6-16)9-10-21(20)24-18-7-4-8-19(14-18)25-12-11-23-15-25;1-2/h4,7-16,24H,1-3,5-6,22H2;2H,1H3. The van der Waals surface area contributed by atoms with E-state index in [1.54, 1.807) is 12.5 Å². The fourth-order valence-corrected chi connectivity index (χ4v) is 3.70. The molecular formula is C22H28N4O. The van der Waals surface area contributed by atoms with Gasteiger partial charge < -0.3 is 20.7 Å². The molecule has 0 saturated heterocycles. The van der Waals surface area contributed by atoms with Gasteiger partial charge in [-0.3, -0.25) is 0 Å². The van der Waals surface area contributed by atoms with E-state index in [-0.39, 0.29) is 0 Å². The lowest BCUT2D eigenvalue weighted by Gasteiger charge is -2.23. The van der Waals surface area contributed by atoms with Gasteiger partial charge in [0.25, 0.3) is 0 Å². The Kier molecular flexibility index (Phi) is 6.49. The summed E-state index contributed by atoms with van der Waals surface area (Å²) in [6, 6.07) is 14.7. The third-order valence-electron chi connectivity index (χ3n) is 5.08. The van der Waals surface area contributed by atoms with Gasteiger partial charge in [0.15, 0.2) is 0 Å². The molecule has 0 radical (unpaired) electrons. The smallest absolute Gasteiger partial charge is 0.0991 e. The van der Waals surface area contributed by atoms with Crippen LogP contribution in [0.2, 0.25) is 0 Å². The first kappa shape index (κ1) is 19.0. The van der Waals surface area contributed by atoms with E-state index in [9.17, 15) is 0 Å². The van der Waals surface area contributed by atoms with Gasteiger partial charge >= 0.3 is 0 Å². The van der Waals surface area contributed by atoms with E-state index in [0.717, 1.165) is 29.9 Å². The fraction of sp³-hybridized carbons (Fsp3) is 0.318. The molecule has 4 N–H and O–H groups in total. The third-order valence-corrected chi connectivity index (χ3v) is 5.08. The Labute approximate surface area is 160 Å². The first-order valence-electron chi connectivity index (χ1n) is 9.49. The number of anilines is 3. The minimum atomic E-state index is 0.676. The molecule has 1 aliphatic carbocycles. The zero-order valence-corrected chi connectivity index (χ0v) is 15.8. The lowest BCUT2D eigenvalue weighted by Crippen LogP contribution is -2.06. The van der Waals surface area contributed by atoms with Crippen molar-refractivity contribution in [3.63, 3.8) is 0 Å². The van der Waals surface area contributed by atoms with Gasteiger partial charge in [0, 0.05) is 30.9 Å². The number of benzene rings is 2. The van der Waals surface area contributed by atoms with E-state index in [4.69, 9.17) is 10.8 Å². The van der Waals surface area contributed by atoms with Crippen molar-refractivity contribution in [2.45, 2.75) is 38.0 Å². The van der Waals surface area contributed by atoms with Gasteiger partial charge in [-0.2, -0.15) is 0 Å². The summed E-state index contributed by atoms with van der Waals surface area (Å²) in [5, 5.41) is 10.4. The van der Waals surface area contributed by atoms with E-state index in [0.29, 0.717) is 5.92 Å². The van der Waals surface area contributed by atoms with Crippen molar-refractivity contribution in [2.75, 3.05) is 18.2 Å². The SMILES string of the molecule is CO.Nc1cc(C2CCCCC2)ccc1Nc1cccc(-n2ccnc2)c1. The molecule has 1 fully saturated rings. The van der Waals surface area contributed by atoms with Crippen LogP contribution in [0, 0.1) is 0 Å². The van der Waals surface area contributed by atoms with E-state index in [1.165, 1.54) is 37.7 Å². The molecule has 3 aromatic rings. The van der Waals surface area contributed by atoms with Crippen molar-refractivity contribution in [2.24, 2.45) is 0 Å². The number of nitrogens with zero attached hydrogens (tertiary/aromatic N) is 2. The normalized spacial score (nSPS) is 14.3. The third kappa shape index (κ3) is 4.68. The second-order valence-electron chi connectivity index (χ2n) is 6.83. The molecule has 0 bridgehead atoms. The van der Waals surface area contributed by atoms with Crippen molar-refractivity contribution in [1.29, 1.82) is 0 Å². The van der Waals surface area contributed by atoms with E-state index in [2.05, 4.69) is 46.7 Å². The predicted octanol–water partition coefficient (Wildman–Crippen LogP) is 4.85. The average molecular weight is 364 g/mol. The Balaban J connectivity index is 0.00000102. The minimum Gasteiger partial charge on any atom is -0.400 e. The lowest BCUT2D eigenvalue weighted by atomic mass is 9.84. The van der Waals surface area contributed by atoms with Gasteiger partial charge in [0.05, 0.1) is 17.7 Å². The number of rotatable bonds is 4. The van der Waals surface area contributed by atoms with Crippen molar-refractivity contribution in [3.05, 3.63) is 66.7 Å². The Hall–Kier alpha value is -2.79. The van der Waals surface area contributed by atoms with Crippen LogP contribution in [-0.2, 0) is 0 Å². The van der Waals surface area contributed by atoms with Gasteiger partial charge in [0.2, 0.25) is 0 Å². The zero-order chi connectivity index (χ0) is 19.1. The Bertz CT molecular complexity index is 839. The van der Waals surface area contributed by atoms with Crippen molar-refractivity contribution >= 4 is 17.1 Å². The van der Waals surface area contributed by atoms with Crippen LogP contribution < -0.4 is 11.1 Å². The van der Waals surface area contributed by atoms with Crippen molar-refractivity contribution in [1.82, 2.24) is 9.55 Å². The van der Waals surface area contributed by atoms with Crippen molar-refractivity contribution < 1.29 is 5.11 Å². The molecule has 27 heavy (non-hydrogen) atoms. The lowest BCUT2D eigenvalue weighted by molar-refractivity contribution is 0.399. The zero-order valence-electron chi connectivity index (χ0n) is 15.8. The highest BCUT2D eigenvalue weighted by atomic mass is 16.2. The number of aliphatic hydroxyl groups is 1. The highest BCUT2D eigenvalue weighted by molar-refractivity contribution is 5.74. The molecule has 1 aromatic heterocycles. The summed E-state index contributed by atoms with van der Waals surface area (Å²) >= 11 is 0. The maximum absolute atomic E-state index is 7.00.